The van der Waals surface area contributed by atoms with E-state index in [1.807, 2.05) is 35.7 Å². The second-order valence-corrected chi connectivity index (χ2v) is 8.85. The van der Waals surface area contributed by atoms with E-state index in [4.69, 9.17) is 5.26 Å². The minimum absolute atomic E-state index is 0.190. The van der Waals surface area contributed by atoms with Crippen molar-refractivity contribution in [2.75, 3.05) is 11.5 Å². The fourth-order valence-electron chi connectivity index (χ4n) is 2.93. The Morgan fingerprint density at radius 2 is 1.81 bits per heavy atom. The van der Waals surface area contributed by atoms with Gasteiger partial charge in [0.1, 0.15) is 5.82 Å². The van der Waals surface area contributed by atoms with E-state index in [1.165, 1.54) is 22.2 Å². The number of aryl methyl sites for hydroxylation is 1. The van der Waals surface area contributed by atoms with Crippen LogP contribution in [0.1, 0.15) is 36.8 Å². The van der Waals surface area contributed by atoms with Gasteiger partial charge >= 0.3 is 0 Å². The number of halogens is 1. The van der Waals surface area contributed by atoms with Crippen molar-refractivity contribution in [3.63, 3.8) is 0 Å². The Bertz CT molecular complexity index is 798. The van der Waals surface area contributed by atoms with E-state index in [9.17, 15) is 4.39 Å². The molecule has 1 aliphatic rings. The Morgan fingerprint density at radius 3 is 2.50 bits per heavy atom. The molecule has 0 bridgehead atoms. The minimum Gasteiger partial charge on any atom is -0.206 e. The second-order valence-electron chi connectivity index (χ2n) is 6.32. The molecule has 26 heavy (non-hydrogen) atoms. The molecule has 0 spiro atoms. The maximum atomic E-state index is 14.5. The third-order valence-electron chi connectivity index (χ3n) is 4.37. The van der Waals surface area contributed by atoms with Gasteiger partial charge in [0.05, 0.1) is 11.6 Å². The van der Waals surface area contributed by atoms with E-state index >= 15 is 0 Å². The van der Waals surface area contributed by atoms with Gasteiger partial charge in [-0.15, -0.1) is 23.5 Å². The Labute approximate surface area is 163 Å². The fraction of sp³-hybridized carbons (Fsp3) is 0.318. The van der Waals surface area contributed by atoms with E-state index in [-0.39, 0.29) is 5.82 Å². The summed E-state index contributed by atoms with van der Waals surface area (Å²) in [6, 6.07) is 14.6. The highest BCUT2D eigenvalue weighted by Crippen LogP contribution is 2.34. The summed E-state index contributed by atoms with van der Waals surface area (Å²) in [4.78, 5) is 0. The summed E-state index contributed by atoms with van der Waals surface area (Å²) in [5.74, 6) is 2.32. The molecule has 0 aromatic heterocycles. The lowest BCUT2D eigenvalue weighted by Crippen LogP contribution is -1.92. The number of hydrogen-bond donors (Lipinski definition) is 0. The van der Waals surface area contributed by atoms with Gasteiger partial charge in [-0.3, -0.25) is 0 Å². The van der Waals surface area contributed by atoms with Gasteiger partial charge in [0.2, 0.25) is 0 Å². The van der Waals surface area contributed by atoms with Crippen LogP contribution < -0.4 is 0 Å². The molecule has 2 aromatic rings. The zero-order chi connectivity index (χ0) is 18.2. The van der Waals surface area contributed by atoms with Crippen LogP contribution in [-0.2, 0) is 6.42 Å². The lowest BCUT2D eigenvalue weighted by molar-refractivity contribution is 0.627. The summed E-state index contributed by atoms with van der Waals surface area (Å²) in [7, 11) is 0. The summed E-state index contributed by atoms with van der Waals surface area (Å²) in [6.45, 7) is 0. The molecule has 0 amide bonds. The molecule has 1 saturated heterocycles. The van der Waals surface area contributed by atoms with Gasteiger partial charge in [0.15, 0.2) is 0 Å². The van der Waals surface area contributed by atoms with Gasteiger partial charge in [0, 0.05) is 9.80 Å². The van der Waals surface area contributed by atoms with Gasteiger partial charge < -0.3 is 0 Å². The van der Waals surface area contributed by atoms with Crippen LogP contribution in [0.4, 0.5) is 4.39 Å². The summed E-state index contributed by atoms with van der Waals surface area (Å²) in [6.07, 6.45) is 7.92. The third-order valence-corrected chi connectivity index (χ3v) is 6.96. The van der Waals surface area contributed by atoms with E-state index < -0.39 is 0 Å². The van der Waals surface area contributed by atoms with E-state index in [2.05, 4.69) is 12.1 Å². The van der Waals surface area contributed by atoms with Crippen molar-refractivity contribution in [2.24, 2.45) is 0 Å². The van der Waals surface area contributed by atoms with Crippen molar-refractivity contribution < 1.29 is 4.39 Å². The number of rotatable bonds is 6. The predicted octanol–water partition coefficient (Wildman–Crippen LogP) is 6.79. The summed E-state index contributed by atoms with van der Waals surface area (Å²) in [5.41, 5.74) is 3.04. The molecule has 1 nitrogen and oxygen atoms in total. The van der Waals surface area contributed by atoms with Crippen LogP contribution in [0, 0.1) is 17.1 Å². The molecule has 1 aliphatic heterocycles. The van der Waals surface area contributed by atoms with Crippen molar-refractivity contribution >= 4 is 23.5 Å². The van der Waals surface area contributed by atoms with Gasteiger partial charge in [-0.25, -0.2) is 4.39 Å². The molecule has 0 saturated carbocycles. The Balaban J connectivity index is 1.51. The smallest absolute Gasteiger partial charge is 0.131 e. The normalized spacial score (nSPS) is 14.1. The summed E-state index contributed by atoms with van der Waals surface area (Å²) >= 11 is 3.96. The fourth-order valence-corrected chi connectivity index (χ4v) is 5.40. The van der Waals surface area contributed by atoms with Crippen LogP contribution in [0.2, 0.25) is 0 Å². The minimum atomic E-state index is -0.190. The molecule has 134 valence electrons. The molecule has 1 heterocycles. The van der Waals surface area contributed by atoms with Gasteiger partial charge in [0.25, 0.3) is 0 Å². The average molecular weight is 384 g/mol. The lowest BCUT2D eigenvalue weighted by atomic mass is 10.00. The van der Waals surface area contributed by atoms with E-state index in [0.717, 1.165) is 36.8 Å². The largest absolute Gasteiger partial charge is 0.206 e. The predicted molar refractivity (Wildman–Crippen MR) is 112 cm³/mol. The number of nitrogens with zero attached hydrogens (tertiary/aromatic N) is 1. The SMILES string of the molecule is N#Cc1ccc(-c2ccc(CCCCC=C3SCCCS3)cc2F)cc1. The van der Waals surface area contributed by atoms with Crippen LogP contribution in [0.25, 0.3) is 11.1 Å². The van der Waals surface area contributed by atoms with Crippen LogP contribution in [0.5, 0.6) is 0 Å². The maximum absolute atomic E-state index is 14.5. The molecule has 1 fully saturated rings. The van der Waals surface area contributed by atoms with Crippen molar-refractivity contribution in [3.05, 3.63) is 69.7 Å². The highest BCUT2D eigenvalue weighted by Gasteiger charge is 2.07. The quantitative estimate of drug-likeness (QED) is 0.513. The van der Waals surface area contributed by atoms with Crippen molar-refractivity contribution in [2.45, 2.75) is 32.1 Å². The molecular formula is C22H22FNS2. The molecule has 0 aliphatic carbocycles. The van der Waals surface area contributed by atoms with Gasteiger partial charge in [-0.1, -0.05) is 30.3 Å². The first-order chi connectivity index (χ1) is 12.8. The highest BCUT2D eigenvalue weighted by atomic mass is 32.2. The van der Waals surface area contributed by atoms with Crippen LogP contribution in [-0.4, -0.2) is 11.5 Å². The first kappa shape index (κ1) is 19.1. The maximum Gasteiger partial charge on any atom is 0.131 e. The van der Waals surface area contributed by atoms with Crippen LogP contribution in [0.15, 0.2) is 52.8 Å². The van der Waals surface area contributed by atoms with Crippen molar-refractivity contribution in [1.82, 2.24) is 0 Å². The molecule has 0 N–H and O–H groups in total. The van der Waals surface area contributed by atoms with Gasteiger partial charge in [-0.05, 0) is 72.9 Å². The molecular weight excluding hydrogens is 361 g/mol. The van der Waals surface area contributed by atoms with Crippen LogP contribution in [0.3, 0.4) is 0 Å². The van der Waals surface area contributed by atoms with Crippen molar-refractivity contribution in [3.8, 4) is 17.2 Å². The van der Waals surface area contributed by atoms with Crippen LogP contribution >= 0.6 is 23.5 Å². The van der Waals surface area contributed by atoms with E-state index in [1.54, 1.807) is 30.3 Å². The van der Waals surface area contributed by atoms with Crippen molar-refractivity contribution in [1.29, 1.82) is 5.26 Å². The Hall–Kier alpha value is -1.70. The monoisotopic (exact) mass is 383 g/mol. The second kappa shape index (κ2) is 9.85. The first-order valence-corrected chi connectivity index (χ1v) is 11.0. The Morgan fingerprint density at radius 1 is 1.04 bits per heavy atom. The first-order valence-electron chi connectivity index (χ1n) is 9.01. The summed E-state index contributed by atoms with van der Waals surface area (Å²) < 4.78 is 15.9. The number of allylic oxidation sites excluding steroid dienone is 1. The number of benzene rings is 2. The Kier molecular flexibility index (Phi) is 7.22. The molecule has 0 atom stereocenters. The lowest BCUT2D eigenvalue weighted by Gasteiger charge is -2.12. The zero-order valence-electron chi connectivity index (χ0n) is 14.7. The molecule has 3 rings (SSSR count). The number of hydrogen-bond acceptors (Lipinski definition) is 3. The number of thioether (sulfide) groups is 2. The number of nitriles is 1. The summed E-state index contributed by atoms with van der Waals surface area (Å²) in [5, 5.41) is 8.85. The van der Waals surface area contributed by atoms with E-state index in [0.29, 0.717) is 11.1 Å². The topological polar surface area (TPSA) is 23.8 Å². The third kappa shape index (κ3) is 5.40. The molecule has 0 radical (unpaired) electrons. The zero-order valence-corrected chi connectivity index (χ0v) is 16.3. The molecule has 4 heteroatoms. The molecule has 2 aromatic carbocycles. The standard InChI is InChI=1S/C22H22FNS2/c23-21-15-17(5-2-1-3-6-22-25-13-4-14-26-22)9-12-20(21)19-10-7-18(16-24)8-11-19/h6-12,15H,1-5,13-14H2. The average Bonchev–Trinajstić information content (AvgIpc) is 2.69. The number of unbranched alkanes of at least 4 members (excludes halogenated alkanes) is 2. The highest BCUT2D eigenvalue weighted by molar-refractivity contribution is 8.22. The van der Waals surface area contributed by atoms with Gasteiger partial charge in [-0.2, -0.15) is 5.26 Å². The molecule has 0 unspecified atom stereocenters.